The van der Waals surface area contributed by atoms with E-state index >= 15 is 0 Å². The number of esters is 1. The molecule has 0 spiro atoms. The average Bonchev–Trinajstić information content (AvgIpc) is 3.13. The quantitative estimate of drug-likeness (QED) is 0.355. The maximum Gasteiger partial charge on any atom is 0.350 e. The number of aliphatic imine (C=N–C) groups is 1. The molecule has 2 unspecified atom stereocenters. The Morgan fingerprint density at radius 2 is 2.03 bits per heavy atom. The maximum absolute atomic E-state index is 12.0. The van der Waals surface area contributed by atoms with Crippen LogP contribution in [0.25, 0.3) is 0 Å². The summed E-state index contributed by atoms with van der Waals surface area (Å²) in [5.74, 6) is 1.77. The van der Waals surface area contributed by atoms with Gasteiger partial charge in [0.2, 0.25) is 0 Å². The number of thiazole rings is 1. The van der Waals surface area contributed by atoms with Gasteiger partial charge in [-0.25, -0.2) is 9.78 Å². The van der Waals surface area contributed by atoms with E-state index in [2.05, 4.69) is 20.6 Å². The van der Waals surface area contributed by atoms with Crippen molar-refractivity contribution >= 4 is 23.3 Å². The maximum atomic E-state index is 12.0. The fourth-order valence-electron chi connectivity index (χ4n) is 2.64. The van der Waals surface area contributed by atoms with Gasteiger partial charge in [0, 0.05) is 13.1 Å². The molecule has 0 fully saturated rings. The number of guanidine groups is 1. The van der Waals surface area contributed by atoms with Crippen molar-refractivity contribution in [3.8, 4) is 11.5 Å². The highest BCUT2D eigenvalue weighted by Gasteiger charge is 2.20. The molecular weight excluding hydrogens is 404 g/mol. The molecule has 0 saturated carbocycles. The van der Waals surface area contributed by atoms with E-state index in [1.165, 1.54) is 11.3 Å². The van der Waals surface area contributed by atoms with Crippen molar-refractivity contribution in [2.75, 3.05) is 27.3 Å². The Bertz CT molecular complexity index is 868. The van der Waals surface area contributed by atoms with Crippen molar-refractivity contribution in [1.82, 2.24) is 15.6 Å². The molecular formula is C21H30N4O4S. The molecule has 0 aliphatic carbocycles. The molecule has 2 N–H and O–H groups in total. The summed E-state index contributed by atoms with van der Waals surface area (Å²) in [6.45, 7) is 8.42. The van der Waals surface area contributed by atoms with Gasteiger partial charge < -0.3 is 24.8 Å². The molecule has 1 aromatic carbocycles. The Balaban J connectivity index is 1.90. The van der Waals surface area contributed by atoms with Crippen LogP contribution in [0.15, 0.2) is 29.3 Å². The number of aromatic nitrogens is 1. The van der Waals surface area contributed by atoms with Crippen molar-refractivity contribution in [2.24, 2.45) is 4.99 Å². The summed E-state index contributed by atoms with van der Waals surface area (Å²) >= 11 is 1.33. The summed E-state index contributed by atoms with van der Waals surface area (Å²) in [5, 5.41) is 7.33. The zero-order valence-corrected chi connectivity index (χ0v) is 19.1. The molecule has 8 nitrogen and oxygen atoms in total. The summed E-state index contributed by atoms with van der Waals surface area (Å²) in [6.07, 6.45) is -0.0940. The molecule has 30 heavy (non-hydrogen) atoms. The van der Waals surface area contributed by atoms with Gasteiger partial charge in [0.15, 0.2) is 5.96 Å². The Hall–Kier alpha value is -2.81. The van der Waals surface area contributed by atoms with Gasteiger partial charge in [-0.05, 0) is 39.8 Å². The molecule has 2 aromatic rings. The van der Waals surface area contributed by atoms with Crippen molar-refractivity contribution in [1.29, 1.82) is 0 Å². The zero-order chi connectivity index (χ0) is 22.1. The molecule has 0 amide bonds. The van der Waals surface area contributed by atoms with E-state index in [0.717, 1.165) is 16.5 Å². The fourth-order valence-corrected chi connectivity index (χ4v) is 3.60. The van der Waals surface area contributed by atoms with Crippen molar-refractivity contribution in [3.63, 3.8) is 0 Å². The number of aryl methyl sites for hydroxylation is 1. The van der Waals surface area contributed by atoms with Crippen LogP contribution in [0.5, 0.6) is 11.5 Å². The Labute approximate surface area is 181 Å². The SMILES string of the molecule is CCOC(=O)c1sc(C(C)NC(=NC)NCC(C)Oc2cccc(OC)c2)nc1C. The number of rotatable bonds is 9. The van der Waals surface area contributed by atoms with Gasteiger partial charge in [-0.1, -0.05) is 6.07 Å². The van der Waals surface area contributed by atoms with E-state index in [4.69, 9.17) is 14.2 Å². The molecule has 0 aliphatic heterocycles. The van der Waals surface area contributed by atoms with Crippen LogP contribution in [-0.4, -0.2) is 50.3 Å². The Kier molecular flexibility index (Phi) is 8.91. The van der Waals surface area contributed by atoms with Crippen molar-refractivity contribution in [2.45, 2.75) is 39.8 Å². The number of nitrogens with zero attached hydrogens (tertiary/aromatic N) is 2. The molecule has 1 heterocycles. The lowest BCUT2D eigenvalue weighted by atomic mass is 10.3. The first-order valence-corrected chi connectivity index (χ1v) is 10.6. The van der Waals surface area contributed by atoms with E-state index in [-0.39, 0.29) is 18.1 Å². The van der Waals surface area contributed by atoms with Gasteiger partial charge in [-0.15, -0.1) is 11.3 Å². The second kappa shape index (κ2) is 11.4. The van der Waals surface area contributed by atoms with Crippen LogP contribution in [0.3, 0.4) is 0 Å². The van der Waals surface area contributed by atoms with Gasteiger partial charge in [0.1, 0.15) is 27.5 Å². The van der Waals surface area contributed by atoms with Crippen molar-refractivity contribution in [3.05, 3.63) is 39.8 Å². The first-order valence-electron chi connectivity index (χ1n) is 9.80. The van der Waals surface area contributed by atoms with E-state index in [1.54, 1.807) is 21.1 Å². The molecule has 0 radical (unpaired) electrons. The number of nitrogens with one attached hydrogen (secondary N) is 2. The monoisotopic (exact) mass is 434 g/mol. The van der Waals surface area contributed by atoms with E-state index in [9.17, 15) is 4.79 Å². The van der Waals surface area contributed by atoms with Gasteiger partial charge in [-0.3, -0.25) is 4.99 Å². The highest BCUT2D eigenvalue weighted by atomic mass is 32.1. The average molecular weight is 435 g/mol. The second-order valence-corrected chi connectivity index (χ2v) is 7.64. The molecule has 164 valence electrons. The minimum Gasteiger partial charge on any atom is -0.497 e. The van der Waals surface area contributed by atoms with Gasteiger partial charge in [0.05, 0.1) is 32.0 Å². The summed E-state index contributed by atoms with van der Waals surface area (Å²) in [6, 6.07) is 7.36. The summed E-state index contributed by atoms with van der Waals surface area (Å²) in [4.78, 5) is 21.3. The predicted octanol–water partition coefficient (Wildman–Crippen LogP) is 3.33. The van der Waals surface area contributed by atoms with Crippen LogP contribution < -0.4 is 20.1 Å². The number of methoxy groups -OCH3 is 1. The lowest BCUT2D eigenvalue weighted by molar-refractivity contribution is 0.0531. The topological polar surface area (TPSA) is 94.1 Å². The molecule has 1 aromatic heterocycles. The number of hydrogen-bond donors (Lipinski definition) is 2. The van der Waals surface area contributed by atoms with Gasteiger partial charge in [-0.2, -0.15) is 0 Å². The first kappa shape index (κ1) is 23.5. The summed E-state index contributed by atoms with van der Waals surface area (Å²) in [7, 11) is 3.33. The summed E-state index contributed by atoms with van der Waals surface area (Å²) < 4.78 is 16.2. The van der Waals surface area contributed by atoms with Gasteiger partial charge >= 0.3 is 5.97 Å². The third-order valence-corrected chi connectivity index (χ3v) is 5.48. The molecule has 9 heteroatoms. The van der Waals surface area contributed by atoms with Crippen LogP contribution in [0.2, 0.25) is 0 Å². The lowest BCUT2D eigenvalue weighted by Crippen LogP contribution is -2.42. The van der Waals surface area contributed by atoms with Crippen LogP contribution >= 0.6 is 11.3 Å². The van der Waals surface area contributed by atoms with E-state index < -0.39 is 0 Å². The van der Waals surface area contributed by atoms with Crippen LogP contribution in [-0.2, 0) is 4.74 Å². The third-order valence-electron chi connectivity index (χ3n) is 4.16. The normalized spacial score (nSPS) is 13.3. The number of ether oxygens (including phenoxy) is 3. The standard InChI is InChI=1S/C21H30N4O4S/c1-7-28-20(26)18-14(3)24-19(30-18)15(4)25-21(22-5)23-12-13(2)29-17-10-8-9-16(11-17)27-6/h8-11,13,15H,7,12H2,1-6H3,(H2,22,23,25). The second-order valence-electron chi connectivity index (χ2n) is 6.61. The molecule has 0 saturated heterocycles. The van der Waals surface area contributed by atoms with E-state index in [1.807, 2.05) is 45.0 Å². The third kappa shape index (κ3) is 6.62. The highest BCUT2D eigenvalue weighted by molar-refractivity contribution is 7.13. The Morgan fingerprint density at radius 3 is 2.70 bits per heavy atom. The predicted molar refractivity (Wildman–Crippen MR) is 119 cm³/mol. The molecule has 2 rings (SSSR count). The number of carbonyl (C=O) groups is 1. The van der Waals surface area contributed by atoms with Gasteiger partial charge in [0.25, 0.3) is 0 Å². The lowest BCUT2D eigenvalue weighted by Gasteiger charge is -2.20. The number of benzene rings is 1. The van der Waals surface area contributed by atoms with Crippen LogP contribution in [0.4, 0.5) is 0 Å². The number of hydrogen-bond acceptors (Lipinski definition) is 7. The number of carbonyl (C=O) groups excluding carboxylic acids is 1. The van der Waals surface area contributed by atoms with Crippen LogP contribution in [0, 0.1) is 6.92 Å². The zero-order valence-electron chi connectivity index (χ0n) is 18.3. The van der Waals surface area contributed by atoms with E-state index in [0.29, 0.717) is 29.7 Å². The van der Waals surface area contributed by atoms with Crippen LogP contribution in [0.1, 0.15) is 47.2 Å². The fraction of sp³-hybridized carbons (Fsp3) is 0.476. The molecule has 2 atom stereocenters. The first-order chi connectivity index (χ1) is 14.4. The van der Waals surface area contributed by atoms with Crippen molar-refractivity contribution < 1.29 is 19.0 Å². The largest absolute Gasteiger partial charge is 0.497 e. The minimum atomic E-state index is -0.336. The Morgan fingerprint density at radius 1 is 1.30 bits per heavy atom. The minimum absolute atomic E-state index is 0.0940. The summed E-state index contributed by atoms with van der Waals surface area (Å²) in [5.41, 5.74) is 0.672. The molecule has 0 aliphatic rings. The molecule has 0 bridgehead atoms. The highest BCUT2D eigenvalue weighted by Crippen LogP contribution is 2.24. The smallest absolute Gasteiger partial charge is 0.350 e.